The summed E-state index contributed by atoms with van der Waals surface area (Å²) in [6.45, 7) is 1.32. The normalized spacial score (nSPS) is 11.0. The largest absolute Gasteiger partial charge is 0.478 e. The van der Waals surface area contributed by atoms with Crippen molar-refractivity contribution in [2.45, 2.75) is 11.8 Å². The van der Waals surface area contributed by atoms with Crippen LogP contribution in [0.25, 0.3) is 0 Å². The molecule has 23 heavy (non-hydrogen) atoms. The summed E-state index contributed by atoms with van der Waals surface area (Å²) in [5.74, 6) is -2.71. The zero-order valence-corrected chi connectivity index (χ0v) is 12.7. The van der Waals surface area contributed by atoms with Gasteiger partial charge in [-0.15, -0.1) is 0 Å². The van der Waals surface area contributed by atoms with E-state index in [1.165, 1.54) is 31.2 Å². The van der Waals surface area contributed by atoms with Gasteiger partial charge < -0.3 is 5.11 Å². The molecule has 0 heterocycles. The fraction of sp³-hybridized carbons (Fsp3) is 0.0667. The molecule has 2 rings (SSSR count). The van der Waals surface area contributed by atoms with Gasteiger partial charge in [-0.2, -0.15) is 0 Å². The number of hydrogen-bond acceptors (Lipinski definition) is 4. The standard InChI is InChI=1S/C15H12FNO5S/c1-9(18)10-3-2-4-12(7-10)17-23(21,22)14-8-11(15(19)20)5-6-13(14)16/h2-8,17H,1H3,(H,19,20). The first-order chi connectivity index (χ1) is 10.7. The van der Waals surface area contributed by atoms with Crippen molar-refractivity contribution >= 4 is 27.5 Å². The number of rotatable bonds is 5. The van der Waals surface area contributed by atoms with Gasteiger partial charge in [0.25, 0.3) is 10.0 Å². The van der Waals surface area contributed by atoms with E-state index in [2.05, 4.69) is 4.72 Å². The van der Waals surface area contributed by atoms with Crippen LogP contribution in [0.15, 0.2) is 47.4 Å². The van der Waals surface area contributed by atoms with Gasteiger partial charge in [-0.3, -0.25) is 9.52 Å². The fourth-order valence-electron chi connectivity index (χ4n) is 1.85. The first-order valence-electron chi connectivity index (χ1n) is 6.37. The van der Waals surface area contributed by atoms with Gasteiger partial charge in [-0.05, 0) is 37.3 Å². The maximum absolute atomic E-state index is 13.8. The number of Topliss-reactive ketones (excluding diaryl/α,β-unsaturated/α-hetero) is 1. The Labute approximate surface area is 131 Å². The van der Waals surface area contributed by atoms with E-state index >= 15 is 0 Å². The predicted molar refractivity (Wildman–Crippen MR) is 80.6 cm³/mol. The van der Waals surface area contributed by atoms with Crippen molar-refractivity contribution in [2.75, 3.05) is 4.72 Å². The molecule has 0 bridgehead atoms. The van der Waals surface area contributed by atoms with Crippen molar-refractivity contribution in [1.82, 2.24) is 0 Å². The number of halogens is 1. The molecular formula is C15H12FNO5S. The molecule has 120 valence electrons. The number of benzene rings is 2. The number of sulfonamides is 1. The molecule has 6 nitrogen and oxygen atoms in total. The maximum Gasteiger partial charge on any atom is 0.335 e. The van der Waals surface area contributed by atoms with Crippen LogP contribution in [-0.4, -0.2) is 25.3 Å². The third-order valence-electron chi connectivity index (χ3n) is 2.99. The molecule has 0 radical (unpaired) electrons. The highest BCUT2D eigenvalue weighted by molar-refractivity contribution is 7.92. The monoisotopic (exact) mass is 337 g/mol. The SMILES string of the molecule is CC(=O)c1cccc(NS(=O)(=O)c2cc(C(=O)O)ccc2F)c1. The number of anilines is 1. The lowest BCUT2D eigenvalue weighted by Crippen LogP contribution is -2.16. The number of carboxylic acid groups (broad SMARTS) is 1. The number of ketones is 1. The number of carbonyl (C=O) groups excluding carboxylic acids is 1. The molecule has 0 saturated heterocycles. The Morgan fingerprint density at radius 2 is 1.78 bits per heavy atom. The highest BCUT2D eigenvalue weighted by Gasteiger charge is 2.21. The first-order valence-corrected chi connectivity index (χ1v) is 7.85. The average Bonchev–Trinajstić information content (AvgIpc) is 2.47. The Morgan fingerprint density at radius 1 is 1.09 bits per heavy atom. The lowest BCUT2D eigenvalue weighted by Gasteiger charge is -2.10. The lowest BCUT2D eigenvalue weighted by molar-refractivity contribution is 0.0696. The number of aromatic carboxylic acids is 1. The molecule has 2 aromatic carbocycles. The fourth-order valence-corrected chi connectivity index (χ4v) is 3.01. The number of carboxylic acids is 1. The van der Waals surface area contributed by atoms with Crippen LogP contribution < -0.4 is 4.72 Å². The molecule has 0 amide bonds. The number of hydrogen-bond donors (Lipinski definition) is 2. The molecule has 8 heteroatoms. The van der Waals surface area contributed by atoms with Crippen LogP contribution in [0, 0.1) is 5.82 Å². The van der Waals surface area contributed by atoms with E-state index in [0.29, 0.717) is 0 Å². The minimum Gasteiger partial charge on any atom is -0.478 e. The molecule has 0 unspecified atom stereocenters. The van der Waals surface area contributed by atoms with Gasteiger partial charge in [0, 0.05) is 11.3 Å². The van der Waals surface area contributed by atoms with E-state index in [4.69, 9.17) is 5.11 Å². The Bertz CT molecular complexity index is 892. The van der Waals surface area contributed by atoms with Crippen molar-refractivity contribution in [3.05, 3.63) is 59.4 Å². The van der Waals surface area contributed by atoms with Crippen LogP contribution >= 0.6 is 0 Å². The molecule has 0 saturated carbocycles. The molecule has 0 fully saturated rings. The zero-order chi connectivity index (χ0) is 17.2. The van der Waals surface area contributed by atoms with Gasteiger partial charge >= 0.3 is 5.97 Å². The smallest absolute Gasteiger partial charge is 0.335 e. The molecule has 0 atom stereocenters. The van der Waals surface area contributed by atoms with Gasteiger partial charge in [0.1, 0.15) is 10.7 Å². The summed E-state index contributed by atoms with van der Waals surface area (Å²) in [6, 6.07) is 8.14. The van der Waals surface area contributed by atoms with E-state index in [0.717, 1.165) is 18.2 Å². The molecule has 0 aromatic heterocycles. The van der Waals surface area contributed by atoms with Crippen LogP contribution in [0.1, 0.15) is 27.6 Å². The second kappa shape index (κ2) is 6.17. The van der Waals surface area contributed by atoms with Crippen molar-refractivity contribution in [3.63, 3.8) is 0 Å². The predicted octanol–water partition coefficient (Wildman–Crippen LogP) is 2.53. The molecule has 0 spiro atoms. The third kappa shape index (κ3) is 3.72. The van der Waals surface area contributed by atoms with Crippen LogP contribution in [0.2, 0.25) is 0 Å². The third-order valence-corrected chi connectivity index (χ3v) is 4.39. The van der Waals surface area contributed by atoms with Gasteiger partial charge in [-0.25, -0.2) is 17.6 Å². The summed E-state index contributed by atoms with van der Waals surface area (Å²) >= 11 is 0. The Balaban J connectivity index is 2.43. The number of nitrogens with one attached hydrogen (secondary N) is 1. The first kappa shape index (κ1) is 16.6. The summed E-state index contributed by atoms with van der Waals surface area (Å²) in [7, 11) is -4.34. The summed E-state index contributed by atoms with van der Waals surface area (Å²) in [5.41, 5.74) is -0.00736. The quantitative estimate of drug-likeness (QED) is 0.817. The zero-order valence-electron chi connectivity index (χ0n) is 11.9. The Morgan fingerprint density at radius 3 is 2.39 bits per heavy atom. The summed E-state index contributed by atoms with van der Waals surface area (Å²) in [4.78, 5) is 21.4. The van der Waals surface area contributed by atoms with E-state index in [9.17, 15) is 22.4 Å². The minimum absolute atomic E-state index is 0.0674. The van der Waals surface area contributed by atoms with Gasteiger partial charge in [0.05, 0.1) is 5.56 Å². The van der Waals surface area contributed by atoms with Crippen molar-refractivity contribution in [2.24, 2.45) is 0 Å². The van der Waals surface area contributed by atoms with Crippen molar-refractivity contribution < 1.29 is 27.5 Å². The van der Waals surface area contributed by atoms with Crippen molar-refractivity contribution in [3.8, 4) is 0 Å². The molecule has 0 aliphatic rings. The summed E-state index contributed by atoms with van der Waals surface area (Å²) in [6.07, 6.45) is 0. The highest BCUT2D eigenvalue weighted by atomic mass is 32.2. The van der Waals surface area contributed by atoms with Gasteiger partial charge in [0.2, 0.25) is 0 Å². The summed E-state index contributed by atoms with van der Waals surface area (Å²) < 4.78 is 40.4. The van der Waals surface area contributed by atoms with Crippen LogP contribution in [0.3, 0.4) is 0 Å². The van der Waals surface area contributed by atoms with E-state index in [-0.39, 0.29) is 22.6 Å². The lowest BCUT2D eigenvalue weighted by atomic mass is 10.1. The van der Waals surface area contributed by atoms with E-state index in [1.54, 1.807) is 0 Å². The maximum atomic E-state index is 13.8. The Hall–Kier alpha value is -2.74. The van der Waals surface area contributed by atoms with Crippen LogP contribution in [0.5, 0.6) is 0 Å². The summed E-state index contributed by atoms with van der Waals surface area (Å²) in [5, 5.41) is 8.88. The van der Waals surface area contributed by atoms with E-state index < -0.39 is 26.7 Å². The Kier molecular flexibility index (Phi) is 4.46. The van der Waals surface area contributed by atoms with Crippen molar-refractivity contribution in [1.29, 1.82) is 0 Å². The molecule has 2 aromatic rings. The number of carbonyl (C=O) groups is 2. The molecule has 2 N–H and O–H groups in total. The highest BCUT2D eigenvalue weighted by Crippen LogP contribution is 2.21. The topological polar surface area (TPSA) is 101 Å². The molecule has 0 aliphatic carbocycles. The molecular weight excluding hydrogens is 325 g/mol. The molecule has 0 aliphatic heterocycles. The van der Waals surface area contributed by atoms with Gasteiger partial charge in [-0.1, -0.05) is 12.1 Å². The average molecular weight is 337 g/mol. The van der Waals surface area contributed by atoms with Crippen LogP contribution in [0.4, 0.5) is 10.1 Å². The second-order valence-electron chi connectivity index (χ2n) is 4.69. The van der Waals surface area contributed by atoms with E-state index in [1.807, 2.05) is 0 Å². The second-order valence-corrected chi connectivity index (χ2v) is 6.34. The van der Waals surface area contributed by atoms with Crippen LogP contribution in [-0.2, 0) is 10.0 Å². The van der Waals surface area contributed by atoms with Gasteiger partial charge in [0.15, 0.2) is 5.78 Å². The minimum atomic E-state index is -4.34.